The molecule has 0 bridgehead atoms. The molecule has 104 valence electrons. The molecule has 0 spiro atoms. The van der Waals surface area contributed by atoms with E-state index >= 15 is 0 Å². The topological polar surface area (TPSA) is 55.1 Å². The van der Waals surface area contributed by atoms with Crippen LogP contribution in [0.4, 0.5) is 0 Å². The Balaban J connectivity index is 2.05. The number of carboxylic acids is 1. The number of fused-ring (bicyclic) bond motifs is 1. The second-order valence-electron chi connectivity index (χ2n) is 4.83. The van der Waals surface area contributed by atoms with Gasteiger partial charge in [-0.05, 0) is 42.3 Å². The highest BCUT2D eigenvalue weighted by Crippen LogP contribution is 2.21. The number of nitrogens with zero attached hydrogens (tertiary/aromatic N) is 2. The minimum absolute atomic E-state index is 0.857. The Bertz CT molecular complexity index is 847. The van der Waals surface area contributed by atoms with Crippen LogP contribution in [-0.2, 0) is 4.79 Å². The van der Waals surface area contributed by atoms with Gasteiger partial charge >= 0.3 is 5.97 Å². The first-order valence-corrected chi connectivity index (χ1v) is 6.60. The van der Waals surface area contributed by atoms with Gasteiger partial charge in [0.25, 0.3) is 0 Å². The van der Waals surface area contributed by atoms with Gasteiger partial charge in [0.15, 0.2) is 0 Å². The average molecular weight is 278 g/mol. The van der Waals surface area contributed by atoms with Crippen LogP contribution in [0.3, 0.4) is 0 Å². The first-order valence-electron chi connectivity index (χ1n) is 6.60. The molecule has 0 atom stereocenters. The molecule has 0 radical (unpaired) electrons. The van der Waals surface area contributed by atoms with E-state index in [-0.39, 0.29) is 0 Å². The van der Waals surface area contributed by atoms with Crippen molar-refractivity contribution < 1.29 is 9.90 Å². The Morgan fingerprint density at radius 1 is 1.24 bits per heavy atom. The molecule has 0 aliphatic rings. The first kappa shape index (κ1) is 13.1. The maximum Gasteiger partial charge on any atom is 0.328 e. The van der Waals surface area contributed by atoms with Crippen molar-refractivity contribution >= 4 is 22.9 Å². The number of carbonyl (C=O) groups is 1. The molecule has 0 aliphatic carbocycles. The number of hydrogen-bond acceptors (Lipinski definition) is 2. The van der Waals surface area contributed by atoms with E-state index in [1.54, 1.807) is 6.08 Å². The van der Waals surface area contributed by atoms with Crippen molar-refractivity contribution in [2.45, 2.75) is 6.92 Å². The Kier molecular flexibility index (Phi) is 3.28. The van der Waals surface area contributed by atoms with Gasteiger partial charge in [0.2, 0.25) is 0 Å². The van der Waals surface area contributed by atoms with Gasteiger partial charge in [0.1, 0.15) is 0 Å². The first-order chi connectivity index (χ1) is 10.1. The van der Waals surface area contributed by atoms with Crippen LogP contribution in [-0.4, -0.2) is 20.9 Å². The number of hydrogen-bond donors (Lipinski definition) is 1. The molecule has 1 N–H and O–H groups in total. The summed E-state index contributed by atoms with van der Waals surface area (Å²) in [5, 5.41) is 14.2. The molecule has 2 aromatic carbocycles. The highest BCUT2D eigenvalue weighted by Gasteiger charge is 2.07. The number of aliphatic carboxylic acids is 1. The van der Waals surface area contributed by atoms with Crippen LogP contribution >= 0.6 is 0 Å². The lowest BCUT2D eigenvalue weighted by atomic mass is 10.1. The monoisotopic (exact) mass is 278 g/mol. The normalized spacial score (nSPS) is 11.3. The number of para-hydroxylation sites is 1. The summed E-state index contributed by atoms with van der Waals surface area (Å²) in [5.74, 6) is -0.949. The van der Waals surface area contributed by atoms with Gasteiger partial charge in [-0.2, -0.15) is 5.10 Å². The van der Waals surface area contributed by atoms with Crippen molar-refractivity contribution in [2.24, 2.45) is 0 Å². The summed E-state index contributed by atoms with van der Waals surface area (Å²) >= 11 is 0. The Hall–Kier alpha value is -2.88. The van der Waals surface area contributed by atoms with E-state index in [1.807, 2.05) is 60.3 Å². The molecule has 0 unspecified atom stereocenters. The fraction of sp³-hybridized carbons (Fsp3) is 0.0588. The van der Waals surface area contributed by atoms with E-state index in [0.29, 0.717) is 0 Å². The molecule has 0 aliphatic heterocycles. The lowest BCUT2D eigenvalue weighted by Crippen LogP contribution is -1.99. The van der Waals surface area contributed by atoms with Crippen LogP contribution in [0, 0.1) is 6.92 Å². The molecule has 0 saturated heterocycles. The van der Waals surface area contributed by atoms with Crippen LogP contribution in [0.1, 0.15) is 11.1 Å². The predicted octanol–water partition coefficient (Wildman–Crippen LogP) is 3.43. The predicted molar refractivity (Wildman–Crippen MR) is 82.5 cm³/mol. The zero-order valence-electron chi connectivity index (χ0n) is 11.5. The van der Waals surface area contributed by atoms with Crippen molar-refractivity contribution in [1.82, 2.24) is 9.78 Å². The van der Waals surface area contributed by atoms with E-state index in [4.69, 9.17) is 5.11 Å². The average Bonchev–Trinajstić information content (AvgIpc) is 2.89. The van der Waals surface area contributed by atoms with Crippen molar-refractivity contribution in [1.29, 1.82) is 0 Å². The minimum Gasteiger partial charge on any atom is -0.478 e. The highest BCUT2D eigenvalue weighted by atomic mass is 16.4. The third kappa shape index (κ3) is 2.56. The van der Waals surface area contributed by atoms with Gasteiger partial charge in [-0.15, -0.1) is 0 Å². The van der Waals surface area contributed by atoms with E-state index in [1.165, 1.54) is 0 Å². The quantitative estimate of drug-likeness (QED) is 0.747. The molecule has 1 aromatic heterocycles. The number of aromatic nitrogens is 2. The smallest absolute Gasteiger partial charge is 0.328 e. The van der Waals surface area contributed by atoms with Crippen LogP contribution in [0.5, 0.6) is 0 Å². The molecule has 0 saturated carbocycles. The summed E-state index contributed by atoms with van der Waals surface area (Å²) < 4.78 is 1.90. The summed E-state index contributed by atoms with van der Waals surface area (Å²) in [7, 11) is 0. The maximum absolute atomic E-state index is 10.6. The van der Waals surface area contributed by atoms with E-state index in [9.17, 15) is 4.79 Å². The number of carboxylic acid groups (broad SMARTS) is 1. The van der Waals surface area contributed by atoms with E-state index in [2.05, 4.69) is 5.10 Å². The van der Waals surface area contributed by atoms with Gasteiger partial charge in [0.05, 0.1) is 17.4 Å². The van der Waals surface area contributed by atoms with Crippen molar-refractivity contribution in [2.75, 3.05) is 0 Å². The lowest BCUT2D eigenvalue weighted by molar-refractivity contribution is -0.131. The fourth-order valence-corrected chi connectivity index (χ4v) is 2.35. The van der Waals surface area contributed by atoms with Gasteiger partial charge < -0.3 is 5.11 Å². The molecule has 3 rings (SSSR count). The molecule has 1 heterocycles. The molecule has 21 heavy (non-hydrogen) atoms. The lowest BCUT2D eigenvalue weighted by Gasteiger charge is -2.08. The Labute approximate surface area is 122 Å². The van der Waals surface area contributed by atoms with Crippen LogP contribution in [0.2, 0.25) is 0 Å². The second kappa shape index (κ2) is 5.25. The van der Waals surface area contributed by atoms with Gasteiger partial charge in [0, 0.05) is 11.5 Å². The molecule has 3 aromatic rings. The molecule has 4 nitrogen and oxygen atoms in total. The van der Waals surface area contributed by atoms with Crippen molar-refractivity contribution in [3.8, 4) is 5.69 Å². The van der Waals surface area contributed by atoms with Gasteiger partial charge in [-0.25, -0.2) is 9.48 Å². The third-order valence-corrected chi connectivity index (χ3v) is 3.34. The van der Waals surface area contributed by atoms with Crippen LogP contribution in [0.15, 0.2) is 54.7 Å². The Morgan fingerprint density at radius 2 is 2.05 bits per heavy atom. The zero-order valence-corrected chi connectivity index (χ0v) is 11.5. The summed E-state index contributed by atoms with van der Waals surface area (Å²) in [5.41, 5.74) is 3.93. The fourth-order valence-electron chi connectivity index (χ4n) is 2.35. The summed E-state index contributed by atoms with van der Waals surface area (Å²) in [4.78, 5) is 10.6. The van der Waals surface area contributed by atoms with Crippen molar-refractivity contribution in [3.05, 3.63) is 65.9 Å². The number of rotatable bonds is 3. The summed E-state index contributed by atoms with van der Waals surface area (Å²) in [6, 6.07) is 13.8. The molecule has 0 fully saturated rings. The molecule has 4 heteroatoms. The van der Waals surface area contributed by atoms with E-state index < -0.39 is 5.97 Å². The van der Waals surface area contributed by atoms with Gasteiger partial charge in [-0.1, -0.05) is 24.3 Å². The molecular formula is C17H14N2O2. The second-order valence-corrected chi connectivity index (χ2v) is 4.83. The highest BCUT2D eigenvalue weighted by molar-refractivity contribution is 5.85. The van der Waals surface area contributed by atoms with Crippen LogP contribution < -0.4 is 0 Å². The van der Waals surface area contributed by atoms with Gasteiger partial charge in [-0.3, -0.25) is 0 Å². The summed E-state index contributed by atoms with van der Waals surface area (Å²) in [6.45, 7) is 1.99. The van der Waals surface area contributed by atoms with E-state index in [0.717, 1.165) is 33.8 Å². The molecule has 0 amide bonds. The molecular weight excluding hydrogens is 264 g/mol. The van der Waals surface area contributed by atoms with Crippen LogP contribution in [0.25, 0.3) is 22.7 Å². The standard InChI is InChI=1S/C17H14N2O2/c1-12-10-13(7-9-17(20)21)6-8-15(12)19-16-5-3-2-4-14(16)11-18-19/h2-11H,1H3,(H,20,21). The largest absolute Gasteiger partial charge is 0.478 e. The zero-order chi connectivity index (χ0) is 14.8. The maximum atomic E-state index is 10.6. The third-order valence-electron chi connectivity index (χ3n) is 3.34. The number of benzene rings is 2. The summed E-state index contributed by atoms with van der Waals surface area (Å²) in [6.07, 6.45) is 4.56. The van der Waals surface area contributed by atoms with Crippen molar-refractivity contribution in [3.63, 3.8) is 0 Å². The SMILES string of the molecule is Cc1cc(C=CC(=O)O)ccc1-n1ncc2ccccc21. The minimum atomic E-state index is -0.949. The number of aryl methyl sites for hydroxylation is 1. The Morgan fingerprint density at radius 3 is 2.81 bits per heavy atom.